The average Bonchev–Trinajstić information content (AvgIpc) is 2.85. The van der Waals surface area contributed by atoms with Crippen molar-refractivity contribution in [2.75, 3.05) is 19.6 Å². The van der Waals surface area contributed by atoms with Gasteiger partial charge in [0.1, 0.15) is 5.69 Å². The quantitative estimate of drug-likeness (QED) is 0.844. The molecule has 0 saturated carbocycles. The number of carbonyl (C=O) groups is 2. The lowest BCUT2D eigenvalue weighted by Gasteiger charge is -2.36. The molecule has 1 aliphatic heterocycles. The summed E-state index contributed by atoms with van der Waals surface area (Å²) in [6.45, 7) is 3.59. The number of likely N-dealkylation sites (tertiary alicyclic amines) is 1. The highest BCUT2D eigenvalue weighted by molar-refractivity contribution is 5.93. The maximum Gasteiger partial charge on any atom is 0.270 e. The maximum atomic E-state index is 12.8. The Kier molecular flexibility index (Phi) is 7.58. The lowest BCUT2D eigenvalue weighted by atomic mass is 10.0. The number of aromatic nitrogens is 1. The van der Waals surface area contributed by atoms with Gasteiger partial charge in [0.2, 0.25) is 5.91 Å². The van der Waals surface area contributed by atoms with Gasteiger partial charge in [0.15, 0.2) is 0 Å². The first-order chi connectivity index (χ1) is 10.5. The number of halogens is 1. The summed E-state index contributed by atoms with van der Waals surface area (Å²) in [5.41, 5.74) is 7.15. The molecule has 0 aromatic carbocycles. The van der Waals surface area contributed by atoms with Gasteiger partial charge in [-0.25, -0.2) is 0 Å². The molecule has 130 valence electrons. The molecular weight excluding hydrogens is 316 g/mol. The van der Waals surface area contributed by atoms with Crippen LogP contribution in [0.15, 0.2) is 12.1 Å². The van der Waals surface area contributed by atoms with Gasteiger partial charge in [0.05, 0.1) is 0 Å². The van der Waals surface area contributed by atoms with Gasteiger partial charge in [-0.3, -0.25) is 9.59 Å². The van der Waals surface area contributed by atoms with Gasteiger partial charge in [-0.1, -0.05) is 0 Å². The number of nitrogens with one attached hydrogen (secondary N) is 1. The van der Waals surface area contributed by atoms with Crippen LogP contribution in [-0.4, -0.2) is 47.0 Å². The van der Waals surface area contributed by atoms with Crippen LogP contribution in [-0.2, 0) is 11.8 Å². The van der Waals surface area contributed by atoms with E-state index in [4.69, 9.17) is 5.73 Å². The van der Waals surface area contributed by atoms with E-state index in [0.29, 0.717) is 25.2 Å². The minimum atomic E-state index is -0.0461. The van der Waals surface area contributed by atoms with Crippen molar-refractivity contribution in [3.8, 4) is 0 Å². The van der Waals surface area contributed by atoms with Crippen molar-refractivity contribution in [1.29, 1.82) is 0 Å². The van der Waals surface area contributed by atoms with E-state index in [0.717, 1.165) is 31.5 Å². The van der Waals surface area contributed by atoms with Crippen LogP contribution in [0.4, 0.5) is 0 Å². The molecule has 1 aliphatic rings. The third kappa shape index (κ3) is 4.72. The molecule has 0 spiro atoms. The third-order valence-electron chi connectivity index (χ3n) is 4.39. The molecule has 7 heteroatoms. The fourth-order valence-corrected chi connectivity index (χ4v) is 2.91. The van der Waals surface area contributed by atoms with Crippen LogP contribution < -0.4 is 11.1 Å². The van der Waals surface area contributed by atoms with E-state index in [-0.39, 0.29) is 30.3 Å². The summed E-state index contributed by atoms with van der Waals surface area (Å²) in [6, 6.07) is 3.89. The van der Waals surface area contributed by atoms with Gasteiger partial charge in [0.25, 0.3) is 5.91 Å². The minimum Gasteiger partial charge on any atom is -0.354 e. The second kappa shape index (κ2) is 8.93. The first-order valence-electron chi connectivity index (χ1n) is 7.94. The molecule has 0 radical (unpaired) electrons. The fraction of sp³-hybridized carbons (Fsp3) is 0.625. The normalized spacial score (nSPS) is 17.5. The van der Waals surface area contributed by atoms with Gasteiger partial charge in [0, 0.05) is 44.8 Å². The van der Waals surface area contributed by atoms with Crippen molar-refractivity contribution in [2.45, 2.75) is 38.6 Å². The van der Waals surface area contributed by atoms with Crippen LogP contribution in [0.3, 0.4) is 0 Å². The Bertz CT molecular complexity index is 544. The summed E-state index contributed by atoms with van der Waals surface area (Å²) in [5, 5.41) is 2.89. The number of hydrogen-bond acceptors (Lipinski definition) is 3. The average molecular weight is 343 g/mol. The lowest BCUT2D eigenvalue weighted by molar-refractivity contribution is -0.121. The molecule has 1 saturated heterocycles. The predicted octanol–water partition coefficient (Wildman–Crippen LogP) is 1.22. The van der Waals surface area contributed by atoms with Crippen molar-refractivity contribution >= 4 is 24.2 Å². The Morgan fingerprint density at radius 1 is 1.35 bits per heavy atom. The molecule has 23 heavy (non-hydrogen) atoms. The fourth-order valence-electron chi connectivity index (χ4n) is 2.91. The van der Waals surface area contributed by atoms with E-state index in [1.165, 1.54) is 0 Å². The first-order valence-corrected chi connectivity index (χ1v) is 7.94. The summed E-state index contributed by atoms with van der Waals surface area (Å²) in [7, 11) is 1.91. The number of amides is 2. The number of nitrogens with two attached hydrogens (primary N) is 1. The molecule has 1 aromatic heterocycles. The molecule has 2 amide bonds. The number of piperidine rings is 1. The van der Waals surface area contributed by atoms with Crippen LogP contribution in [0.5, 0.6) is 0 Å². The molecule has 1 atom stereocenters. The van der Waals surface area contributed by atoms with Gasteiger partial charge in [-0.15, -0.1) is 12.4 Å². The van der Waals surface area contributed by atoms with Crippen LogP contribution >= 0.6 is 12.4 Å². The van der Waals surface area contributed by atoms with Crippen molar-refractivity contribution < 1.29 is 9.59 Å². The maximum absolute atomic E-state index is 12.8. The number of aryl methyl sites for hydroxylation is 1. The Morgan fingerprint density at radius 3 is 2.70 bits per heavy atom. The summed E-state index contributed by atoms with van der Waals surface area (Å²) in [4.78, 5) is 26.3. The highest BCUT2D eigenvalue weighted by Gasteiger charge is 2.29. The summed E-state index contributed by atoms with van der Waals surface area (Å²) in [5.74, 6) is 0.00329. The van der Waals surface area contributed by atoms with Crippen LogP contribution in [0.1, 0.15) is 41.9 Å². The van der Waals surface area contributed by atoms with Crippen LogP contribution in [0, 0.1) is 6.92 Å². The van der Waals surface area contributed by atoms with Gasteiger partial charge < -0.3 is 20.5 Å². The van der Waals surface area contributed by atoms with E-state index >= 15 is 0 Å². The topological polar surface area (TPSA) is 80.4 Å². The molecule has 2 heterocycles. The molecular formula is C16H27ClN4O2. The SMILES string of the molecule is Cc1ccc(C(=O)N2CCCCC2CNC(=O)CCN)n1C.Cl. The number of nitrogens with zero attached hydrogens (tertiary/aromatic N) is 2. The zero-order valence-corrected chi connectivity index (χ0v) is 14.7. The highest BCUT2D eigenvalue weighted by Crippen LogP contribution is 2.20. The van der Waals surface area contributed by atoms with E-state index in [1.807, 2.05) is 35.6 Å². The summed E-state index contributed by atoms with van der Waals surface area (Å²) >= 11 is 0. The molecule has 3 N–H and O–H groups in total. The Labute approximate surface area is 143 Å². The Hall–Kier alpha value is -1.53. The van der Waals surface area contributed by atoms with Crippen molar-refractivity contribution in [3.05, 3.63) is 23.5 Å². The Morgan fingerprint density at radius 2 is 2.09 bits per heavy atom. The molecule has 6 nitrogen and oxygen atoms in total. The van der Waals surface area contributed by atoms with Gasteiger partial charge in [-0.05, 0) is 38.3 Å². The molecule has 1 fully saturated rings. The van der Waals surface area contributed by atoms with Crippen molar-refractivity contribution in [2.24, 2.45) is 12.8 Å². The van der Waals surface area contributed by atoms with Gasteiger partial charge in [-0.2, -0.15) is 0 Å². The molecule has 2 rings (SSSR count). The van der Waals surface area contributed by atoms with Crippen molar-refractivity contribution in [3.63, 3.8) is 0 Å². The third-order valence-corrected chi connectivity index (χ3v) is 4.39. The number of hydrogen-bond donors (Lipinski definition) is 2. The summed E-state index contributed by atoms with van der Waals surface area (Å²) < 4.78 is 1.92. The highest BCUT2D eigenvalue weighted by atomic mass is 35.5. The van der Waals surface area contributed by atoms with Gasteiger partial charge >= 0.3 is 0 Å². The minimum absolute atomic E-state index is 0. The van der Waals surface area contributed by atoms with E-state index in [1.54, 1.807) is 0 Å². The van der Waals surface area contributed by atoms with Crippen LogP contribution in [0.25, 0.3) is 0 Å². The predicted molar refractivity (Wildman–Crippen MR) is 92.8 cm³/mol. The number of carbonyl (C=O) groups excluding carboxylic acids is 2. The first kappa shape index (κ1) is 19.5. The smallest absolute Gasteiger partial charge is 0.270 e. The van der Waals surface area contributed by atoms with Crippen molar-refractivity contribution in [1.82, 2.24) is 14.8 Å². The monoisotopic (exact) mass is 342 g/mol. The largest absolute Gasteiger partial charge is 0.354 e. The van der Waals surface area contributed by atoms with E-state index < -0.39 is 0 Å². The van der Waals surface area contributed by atoms with E-state index in [2.05, 4.69) is 5.32 Å². The zero-order chi connectivity index (χ0) is 16.1. The second-order valence-corrected chi connectivity index (χ2v) is 5.91. The molecule has 0 bridgehead atoms. The number of rotatable bonds is 5. The molecule has 1 aromatic rings. The summed E-state index contributed by atoms with van der Waals surface area (Å²) in [6.07, 6.45) is 3.37. The zero-order valence-electron chi connectivity index (χ0n) is 13.9. The lowest BCUT2D eigenvalue weighted by Crippen LogP contribution is -2.49. The Balaban J connectivity index is 0.00000264. The molecule has 0 aliphatic carbocycles. The second-order valence-electron chi connectivity index (χ2n) is 5.91. The van der Waals surface area contributed by atoms with E-state index in [9.17, 15) is 9.59 Å². The molecule has 1 unspecified atom stereocenters. The standard InChI is InChI=1S/C16H26N4O2.ClH/c1-12-6-7-14(19(12)2)16(22)20-10-4-3-5-13(20)11-18-15(21)8-9-17;/h6-7,13H,3-5,8-11,17H2,1-2H3,(H,18,21);1H. The van der Waals surface area contributed by atoms with Crippen LogP contribution in [0.2, 0.25) is 0 Å².